The molecule has 30 heavy (non-hydrogen) atoms. The Hall–Kier alpha value is -3.66. The van der Waals surface area contributed by atoms with Crippen LogP contribution >= 0.6 is 0 Å². The molecule has 3 rings (SSSR count). The molecule has 0 aliphatic rings. The summed E-state index contributed by atoms with van der Waals surface area (Å²) in [7, 11) is 0.260. The monoisotopic (exact) mass is 431 g/mol. The van der Waals surface area contributed by atoms with Gasteiger partial charge in [-0.3, -0.25) is 9.52 Å². The molecule has 1 aromatic heterocycles. The minimum Gasteiger partial charge on any atom is -0.493 e. The number of carbonyl (C=O) groups excluding carboxylic acids is 1. The third-order valence-corrected chi connectivity index (χ3v) is 5.62. The Bertz CT molecular complexity index is 1120. The Kier molecular flexibility index (Phi) is 6.17. The Morgan fingerprint density at radius 2 is 1.60 bits per heavy atom. The highest BCUT2D eigenvalue weighted by atomic mass is 32.2. The molecule has 0 saturated carbocycles. The molecule has 9 nitrogen and oxygen atoms in total. The molecule has 0 bridgehead atoms. The number of ether oxygens (including phenoxy) is 3. The lowest BCUT2D eigenvalue weighted by Gasteiger charge is -2.16. The summed E-state index contributed by atoms with van der Waals surface area (Å²) in [5.74, 6) is 0.461. The third-order valence-electron chi connectivity index (χ3n) is 4.18. The van der Waals surface area contributed by atoms with Crippen molar-refractivity contribution in [2.24, 2.45) is 0 Å². The van der Waals surface area contributed by atoms with Crippen LogP contribution in [0.1, 0.15) is 10.5 Å². The van der Waals surface area contributed by atoms with Crippen LogP contribution in [0.25, 0.3) is 0 Å². The number of rotatable bonds is 8. The van der Waals surface area contributed by atoms with E-state index in [0.29, 0.717) is 22.9 Å². The topological polar surface area (TPSA) is 119 Å². The molecule has 10 heteroatoms. The lowest BCUT2D eigenvalue weighted by Crippen LogP contribution is -2.18. The van der Waals surface area contributed by atoms with Gasteiger partial charge in [0.15, 0.2) is 11.5 Å². The minimum atomic E-state index is -4.05. The summed E-state index contributed by atoms with van der Waals surface area (Å²) in [5.41, 5.74) is 0.645. The van der Waals surface area contributed by atoms with Crippen LogP contribution in [0.5, 0.6) is 17.2 Å². The molecule has 3 aromatic rings. The van der Waals surface area contributed by atoms with Gasteiger partial charge in [0.1, 0.15) is 10.6 Å². The van der Waals surface area contributed by atoms with Gasteiger partial charge in [-0.1, -0.05) is 12.1 Å². The molecule has 158 valence electrons. The quantitative estimate of drug-likeness (QED) is 0.504. The number of amides is 1. The second-order valence-corrected chi connectivity index (χ2v) is 7.70. The van der Waals surface area contributed by atoms with E-state index in [0.717, 1.165) is 0 Å². The Balaban J connectivity index is 1.94. The molecule has 1 heterocycles. The van der Waals surface area contributed by atoms with Crippen molar-refractivity contribution in [3.05, 3.63) is 60.4 Å². The molecule has 1 amide bonds. The van der Waals surface area contributed by atoms with E-state index in [4.69, 9.17) is 14.2 Å². The van der Waals surface area contributed by atoms with Gasteiger partial charge in [0, 0.05) is 18.3 Å². The van der Waals surface area contributed by atoms with Gasteiger partial charge in [-0.05, 0) is 24.3 Å². The summed E-state index contributed by atoms with van der Waals surface area (Å²) in [6, 6.07) is 12.3. The summed E-state index contributed by atoms with van der Waals surface area (Å²) >= 11 is 0. The maximum Gasteiger partial charge on any atom is 0.272 e. The summed E-state index contributed by atoms with van der Waals surface area (Å²) in [6.07, 6.45) is 1.60. The van der Waals surface area contributed by atoms with Crippen molar-refractivity contribution in [3.63, 3.8) is 0 Å². The first-order valence-corrected chi connectivity index (χ1v) is 10.2. The van der Waals surface area contributed by atoms with E-state index in [9.17, 15) is 13.2 Å². The molecule has 0 aliphatic carbocycles. The first-order valence-electron chi connectivity index (χ1n) is 8.76. The zero-order chi connectivity index (χ0) is 21.7. The first-order chi connectivity index (χ1) is 14.4. The molecule has 2 aromatic carbocycles. The highest BCUT2D eigenvalue weighted by molar-refractivity contribution is 7.92. The summed E-state index contributed by atoms with van der Waals surface area (Å²) in [4.78, 5) is 15.0. The van der Waals surface area contributed by atoms with Crippen LogP contribution < -0.4 is 24.2 Å². The molecular formula is C20H21N3O6S. The number of carbonyl (C=O) groups is 1. The van der Waals surface area contributed by atoms with Crippen LogP contribution in [0.3, 0.4) is 0 Å². The fourth-order valence-electron chi connectivity index (χ4n) is 2.82. The number of sulfonamides is 1. The molecule has 0 aliphatic heterocycles. The highest BCUT2D eigenvalue weighted by Gasteiger charge is 2.22. The van der Waals surface area contributed by atoms with Crippen LogP contribution in [0, 0.1) is 0 Å². The standard InChI is InChI=1S/C20H21N3O6S/c1-27-16-11-13(12-17(28-2)19(16)29-3)23-30(25,26)18-9-5-4-7-14(18)22-20(24)15-8-6-10-21-15/h4-12,21,23H,1-3H3,(H,22,24). The minimum absolute atomic E-state index is 0.0985. The number of benzene rings is 2. The van der Waals surface area contributed by atoms with Crippen molar-refractivity contribution in [3.8, 4) is 17.2 Å². The van der Waals surface area contributed by atoms with Gasteiger partial charge in [0.2, 0.25) is 5.75 Å². The smallest absolute Gasteiger partial charge is 0.272 e. The van der Waals surface area contributed by atoms with Gasteiger partial charge >= 0.3 is 0 Å². The molecule has 0 radical (unpaired) electrons. The first kappa shape index (κ1) is 21.1. The number of H-pyrrole nitrogens is 1. The lowest BCUT2D eigenvalue weighted by atomic mass is 10.2. The third kappa shape index (κ3) is 4.33. The summed E-state index contributed by atoms with van der Waals surface area (Å²) in [5, 5.41) is 2.61. The predicted molar refractivity (Wildman–Crippen MR) is 112 cm³/mol. The van der Waals surface area contributed by atoms with Crippen LogP contribution in [0.15, 0.2) is 59.6 Å². The number of aromatic nitrogens is 1. The number of hydrogen-bond acceptors (Lipinski definition) is 6. The normalized spacial score (nSPS) is 10.9. The number of methoxy groups -OCH3 is 3. The van der Waals surface area contributed by atoms with Gasteiger partial charge in [-0.2, -0.15) is 0 Å². The lowest BCUT2D eigenvalue weighted by molar-refractivity contribution is 0.102. The van der Waals surface area contributed by atoms with Crippen LogP contribution in [0.4, 0.5) is 11.4 Å². The van der Waals surface area contributed by atoms with Gasteiger partial charge in [-0.25, -0.2) is 8.42 Å². The number of hydrogen-bond donors (Lipinski definition) is 3. The summed E-state index contributed by atoms with van der Waals surface area (Å²) in [6.45, 7) is 0. The van der Waals surface area contributed by atoms with E-state index < -0.39 is 15.9 Å². The van der Waals surface area contributed by atoms with Crippen molar-refractivity contribution in [2.75, 3.05) is 31.4 Å². The molecule has 0 fully saturated rings. The molecule has 0 atom stereocenters. The van der Waals surface area contributed by atoms with E-state index in [2.05, 4.69) is 15.0 Å². The van der Waals surface area contributed by atoms with E-state index in [1.54, 1.807) is 30.5 Å². The van der Waals surface area contributed by atoms with Crippen molar-refractivity contribution in [1.82, 2.24) is 4.98 Å². The number of para-hydroxylation sites is 1. The molecule has 0 unspecified atom stereocenters. The Labute approximate surface area is 174 Å². The van der Waals surface area contributed by atoms with Gasteiger partial charge in [-0.15, -0.1) is 0 Å². The number of aromatic amines is 1. The number of nitrogens with one attached hydrogen (secondary N) is 3. The average Bonchev–Trinajstić information content (AvgIpc) is 3.28. The maximum atomic E-state index is 13.1. The zero-order valence-corrected chi connectivity index (χ0v) is 17.4. The fourth-order valence-corrected chi connectivity index (χ4v) is 4.02. The van der Waals surface area contributed by atoms with Gasteiger partial charge in [0.05, 0.1) is 32.7 Å². The van der Waals surface area contributed by atoms with Crippen LogP contribution in [-0.4, -0.2) is 40.6 Å². The van der Waals surface area contributed by atoms with Crippen LogP contribution in [0.2, 0.25) is 0 Å². The largest absolute Gasteiger partial charge is 0.493 e. The van der Waals surface area contributed by atoms with Crippen molar-refractivity contribution in [2.45, 2.75) is 4.90 Å². The van der Waals surface area contributed by atoms with Crippen LogP contribution in [-0.2, 0) is 10.0 Å². The molecule has 3 N–H and O–H groups in total. The second-order valence-electron chi connectivity index (χ2n) is 6.05. The van der Waals surface area contributed by atoms with E-state index in [-0.39, 0.29) is 16.3 Å². The highest BCUT2D eigenvalue weighted by Crippen LogP contribution is 2.40. The zero-order valence-electron chi connectivity index (χ0n) is 16.6. The van der Waals surface area contributed by atoms with E-state index in [1.807, 2.05) is 0 Å². The van der Waals surface area contributed by atoms with Gasteiger partial charge < -0.3 is 24.5 Å². The average molecular weight is 431 g/mol. The van der Waals surface area contributed by atoms with Crippen molar-refractivity contribution < 1.29 is 27.4 Å². The molecule has 0 saturated heterocycles. The molecule has 0 spiro atoms. The predicted octanol–water partition coefficient (Wildman–Crippen LogP) is 3.09. The molecular weight excluding hydrogens is 410 g/mol. The van der Waals surface area contributed by atoms with Crippen molar-refractivity contribution >= 4 is 27.3 Å². The Morgan fingerprint density at radius 1 is 0.933 bits per heavy atom. The summed E-state index contributed by atoms with van der Waals surface area (Å²) < 4.78 is 44.4. The maximum absolute atomic E-state index is 13.1. The SMILES string of the molecule is COc1cc(NS(=O)(=O)c2ccccc2NC(=O)c2ccc[nH]2)cc(OC)c1OC. The Morgan fingerprint density at radius 3 is 2.17 bits per heavy atom. The van der Waals surface area contributed by atoms with Crippen molar-refractivity contribution in [1.29, 1.82) is 0 Å². The van der Waals surface area contributed by atoms with E-state index >= 15 is 0 Å². The van der Waals surface area contributed by atoms with Gasteiger partial charge in [0.25, 0.3) is 15.9 Å². The number of anilines is 2. The van der Waals surface area contributed by atoms with E-state index in [1.165, 1.54) is 45.6 Å². The fraction of sp³-hybridized carbons (Fsp3) is 0.150. The second kappa shape index (κ2) is 8.78.